The first-order chi connectivity index (χ1) is 10.8. The van der Waals surface area contributed by atoms with E-state index in [-0.39, 0.29) is 0 Å². The topological polar surface area (TPSA) is 16.1 Å². The van der Waals surface area contributed by atoms with Crippen LogP contribution in [0, 0.1) is 11.8 Å². The van der Waals surface area contributed by atoms with E-state index >= 15 is 0 Å². The van der Waals surface area contributed by atoms with E-state index in [4.69, 9.17) is 0 Å². The molecule has 114 valence electrons. The first-order valence-corrected chi connectivity index (χ1v) is 8.48. The van der Waals surface area contributed by atoms with Crippen molar-refractivity contribution in [2.24, 2.45) is 11.8 Å². The number of benzene rings is 1. The zero-order valence-electron chi connectivity index (χ0n) is 13.3. The largest absolute Gasteiger partial charge is 0.299 e. The van der Waals surface area contributed by atoms with Gasteiger partial charge in [0.2, 0.25) is 0 Å². The Balaban J connectivity index is 1.67. The molecule has 3 aliphatic rings. The highest BCUT2D eigenvalue weighted by Gasteiger charge is 2.41. The number of nitrogens with zero attached hydrogens (tertiary/aromatic N) is 2. The number of aromatic nitrogens is 1. The maximum Gasteiger partial charge on any atom is 0.0704 e. The first kappa shape index (κ1) is 14.0. The fourth-order valence-electron chi connectivity index (χ4n) is 4.62. The van der Waals surface area contributed by atoms with Crippen LogP contribution in [0.2, 0.25) is 0 Å². The molecule has 0 amide bonds. The Morgan fingerprint density at radius 1 is 1.32 bits per heavy atom. The van der Waals surface area contributed by atoms with Crippen LogP contribution in [0.15, 0.2) is 49.2 Å². The summed E-state index contributed by atoms with van der Waals surface area (Å²) in [6, 6.07) is 11.4. The Hall–Kier alpha value is -1.67. The molecule has 3 aliphatic heterocycles. The summed E-state index contributed by atoms with van der Waals surface area (Å²) >= 11 is 0. The van der Waals surface area contributed by atoms with Crippen LogP contribution in [-0.4, -0.2) is 29.0 Å². The molecule has 4 heterocycles. The number of hydrogen-bond donors (Lipinski definition) is 0. The lowest BCUT2D eigenvalue weighted by atomic mass is 9.71. The molecule has 2 heteroatoms. The number of fused-ring (bicyclic) bond motifs is 4. The van der Waals surface area contributed by atoms with Crippen molar-refractivity contribution >= 4 is 10.9 Å². The Morgan fingerprint density at radius 2 is 2.18 bits per heavy atom. The molecule has 1 unspecified atom stereocenters. The Bertz CT molecular complexity index is 688. The van der Waals surface area contributed by atoms with Gasteiger partial charge in [-0.25, -0.2) is 0 Å². The van der Waals surface area contributed by atoms with Crippen molar-refractivity contribution in [3.63, 3.8) is 0 Å². The molecule has 22 heavy (non-hydrogen) atoms. The van der Waals surface area contributed by atoms with E-state index in [1.165, 1.54) is 36.9 Å². The van der Waals surface area contributed by atoms with E-state index in [1.807, 2.05) is 6.20 Å². The van der Waals surface area contributed by atoms with E-state index < -0.39 is 0 Å². The highest BCUT2D eigenvalue weighted by atomic mass is 15.2. The lowest BCUT2D eigenvalue weighted by Gasteiger charge is -2.51. The summed E-state index contributed by atoms with van der Waals surface area (Å²) in [5.74, 6) is 2.09. The van der Waals surface area contributed by atoms with Crippen molar-refractivity contribution < 1.29 is 0 Å². The van der Waals surface area contributed by atoms with Crippen LogP contribution < -0.4 is 0 Å². The Kier molecular flexibility index (Phi) is 3.50. The van der Waals surface area contributed by atoms with E-state index in [2.05, 4.69) is 59.8 Å². The molecule has 0 spiro atoms. The summed E-state index contributed by atoms with van der Waals surface area (Å²) in [5, 5.41) is 1.32. The zero-order chi connectivity index (χ0) is 15.1. The lowest BCUT2D eigenvalue weighted by molar-refractivity contribution is 0.00925. The summed E-state index contributed by atoms with van der Waals surface area (Å²) < 4.78 is 0. The van der Waals surface area contributed by atoms with E-state index in [9.17, 15) is 0 Å². The predicted octanol–water partition coefficient (Wildman–Crippen LogP) is 4.23. The summed E-state index contributed by atoms with van der Waals surface area (Å²) in [5.41, 5.74) is 2.57. The number of pyridine rings is 1. The van der Waals surface area contributed by atoms with Gasteiger partial charge in [0, 0.05) is 24.2 Å². The molecule has 3 saturated heterocycles. The van der Waals surface area contributed by atoms with Crippen molar-refractivity contribution in [1.82, 2.24) is 9.88 Å². The molecule has 2 bridgehead atoms. The number of piperidine rings is 3. The van der Waals surface area contributed by atoms with Crippen molar-refractivity contribution in [3.8, 4) is 0 Å². The highest BCUT2D eigenvalue weighted by Crippen LogP contribution is 2.42. The first-order valence-electron chi connectivity index (χ1n) is 8.48. The third kappa shape index (κ3) is 2.17. The number of hydrogen-bond acceptors (Lipinski definition) is 2. The van der Waals surface area contributed by atoms with Crippen molar-refractivity contribution in [2.45, 2.75) is 31.7 Å². The van der Waals surface area contributed by atoms with Crippen LogP contribution >= 0.6 is 0 Å². The fourth-order valence-corrected chi connectivity index (χ4v) is 4.62. The SMILES string of the molecule is C=C[C@H]1CN2CC[C@H]1C[C@H]2[C@H](C)c1ccnc2ccccc12. The standard InChI is InChI=1S/C20H24N2/c1-3-15-13-22-11-9-16(15)12-20(22)14(2)17-8-10-21-19-7-5-4-6-18(17)19/h3-8,10,14-16,20H,1,9,11-13H2,2H3/t14-,15+,16+,20+/m1/s1. The minimum absolute atomic E-state index is 0.557. The molecule has 3 fully saturated rings. The lowest BCUT2D eigenvalue weighted by Crippen LogP contribution is -2.54. The van der Waals surface area contributed by atoms with Crippen molar-refractivity contribution in [1.29, 1.82) is 0 Å². The molecule has 2 nitrogen and oxygen atoms in total. The minimum Gasteiger partial charge on any atom is -0.299 e. The molecule has 0 radical (unpaired) electrons. The van der Waals surface area contributed by atoms with Crippen LogP contribution in [0.1, 0.15) is 31.2 Å². The van der Waals surface area contributed by atoms with Gasteiger partial charge in [0.15, 0.2) is 0 Å². The van der Waals surface area contributed by atoms with Gasteiger partial charge in [-0.2, -0.15) is 0 Å². The molecule has 0 aliphatic carbocycles. The molecule has 5 atom stereocenters. The third-order valence-electron chi connectivity index (χ3n) is 5.90. The van der Waals surface area contributed by atoms with Gasteiger partial charge in [-0.3, -0.25) is 9.88 Å². The smallest absolute Gasteiger partial charge is 0.0704 e. The van der Waals surface area contributed by atoms with E-state index in [0.717, 1.165) is 11.4 Å². The van der Waals surface area contributed by atoms with Gasteiger partial charge in [-0.05, 0) is 54.8 Å². The van der Waals surface area contributed by atoms with Gasteiger partial charge in [-0.15, -0.1) is 6.58 Å². The van der Waals surface area contributed by atoms with Crippen LogP contribution in [0.4, 0.5) is 0 Å². The maximum atomic E-state index is 4.52. The Labute approximate surface area is 132 Å². The highest BCUT2D eigenvalue weighted by molar-refractivity contribution is 5.82. The summed E-state index contributed by atoms with van der Waals surface area (Å²) in [6.45, 7) is 8.89. The van der Waals surface area contributed by atoms with Crippen LogP contribution in [0.3, 0.4) is 0 Å². The minimum atomic E-state index is 0.557. The van der Waals surface area contributed by atoms with Gasteiger partial charge in [0.25, 0.3) is 0 Å². The van der Waals surface area contributed by atoms with E-state index in [1.54, 1.807) is 0 Å². The summed E-state index contributed by atoms with van der Waals surface area (Å²) in [7, 11) is 0. The molecular formula is C20H24N2. The van der Waals surface area contributed by atoms with Crippen LogP contribution in [0.5, 0.6) is 0 Å². The number of rotatable bonds is 3. The molecule has 1 aromatic heterocycles. The number of para-hydroxylation sites is 1. The second kappa shape index (κ2) is 5.51. The van der Waals surface area contributed by atoms with E-state index in [0.29, 0.717) is 17.9 Å². The normalized spacial score (nSPS) is 32.0. The molecule has 0 N–H and O–H groups in total. The quantitative estimate of drug-likeness (QED) is 0.787. The van der Waals surface area contributed by atoms with Gasteiger partial charge >= 0.3 is 0 Å². The average molecular weight is 292 g/mol. The maximum absolute atomic E-state index is 4.52. The molecule has 0 saturated carbocycles. The van der Waals surface area contributed by atoms with Crippen molar-refractivity contribution in [2.75, 3.05) is 13.1 Å². The van der Waals surface area contributed by atoms with Gasteiger partial charge in [0.1, 0.15) is 0 Å². The van der Waals surface area contributed by atoms with Gasteiger partial charge in [0.05, 0.1) is 5.52 Å². The van der Waals surface area contributed by atoms with Crippen LogP contribution in [0.25, 0.3) is 10.9 Å². The zero-order valence-corrected chi connectivity index (χ0v) is 13.3. The molecular weight excluding hydrogens is 268 g/mol. The summed E-state index contributed by atoms with van der Waals surface area (Å²) in [6.07, 6.45) is 6.81. The second-order valence-corrected chi connectivity index (χ2v) is 6.95. The molecule has 2 aromatic rings. The second-order valence-electron chi connectivity index (χ2n) is 6.95. The fraction of sp³-hybridized carbons (Fsp3) is 0.450. The third-order valence-corrected chi connectivity index (χ3v) is 5.90. The molecule has 1 aromatic carbocycles. The Morgan fingerprint density at radius 3 is 2.95 bits per heavy atom. The monoisotopic (exact) mass is 292 g/mol. The summed E-state index contributed by atoms with van der Waals surface area (Å²) in [4.78, 5) is 7.22. The average Bonchev–Trinajstić information content (AvgIpc) is 2.60. The van der Waals surface area contributed by atoms with Crippen LogP contribution in [-0.2, 0) is 0 Å². The predicted molar refractivity (Wildman–Crippen MR) is 91.9 cm³/mol. The molecule has 5 rings (SSSR count). The van der Waals surface area contributed by atoms with Gasteiger partial charge in [-0.1, -0.05) is 31.2 Å². The van der Waals surface area contributed by atoms with Gasteiger partial charge < -0.3 is 0 Å². The van der Waals surface area contributed by atoms with Crippen molar-refractivity contribution in [3.05, 3.63) is 54.7 Å².